The lowest BCUT2D eigenvalue weighted by Crippen LogP contribution is -2.41. The zero-order valence-corrected chi connectivity index (χ0v) is 32.2. The van der Waals surface area contributed by atoms with E-state index in [0.717, 1.165) is 49.1 Å². The average molecular weight is 755 g/mol. The number of pyridine rings is 2. The Labute approximate surface area is 323 Å². The first kappa shape index (κ1) is 36.9. The van der Waals surface area contributed by atoms with Crippen LogP contribution in [-0.4, -0.2) is 81.3 Å². The molecule has 8 rings (SSSR count). The number of fused-ring (bicyclic) bond motifs is 4. The van der Waals surface area contributed by atoms with Gasteiger partial charge in [-0.3, -0.25) is 18.7 Å². The van der Waals surface area contributed by atoms with Gasteiger partial charge in [0.2, 0.25) is 0 Å². The molecule has 56 heavy (non-hydrogen) atoms. The topological polar surface area (TPSA) is 148 Å². The number of nitriles is 1. The molecule has 0 radical (unpaired) electrons. The summed E-state index contributed by atoms with van der Waals surface area (Å²) in [7, 11) is 0. The highest BCUT2D eigenvalue weighted by atomic mass is 19.1. The summed E-state index contributed by atoms with van der Waals surface area (Å²) in [5.74, 6) is -0.979. The quantitative estimate of drug-likeness (QED) is 0.185. The predicted octanol–water partition coefficient (Wildman–Crippen LogP) is 5.78. The maximum absolute atomic E-state index is 15.1. The van der Waals surface area contributed by atoms with Gasteiger partial charge in [0.05, 0.1) is 42.3 Å². The van der Waals surface area contributed by atoms with E-state index in [2.05, 4.69) is 45.6 Å². The molecule has 6 aromatic rings. The Morgan fingerprint density at radius 2 is 1.80 bits per heavy atom. The first-order valence-electron chi connectivity index (χ1n) is 19.0. The third-order valence-corrected chi connectivity index (χ3v) is 10.9. The summed E-state index contributed by atoms with van der Waals surface area (Å²) in [6, 6.07) is 13.5. The summed E-state index contributed by atoms with van der Waals surface area (Å²) in [5.41, 5.74) is 5.23. The third-order valence-electron chi connectivity index (χ3n) is 10.9. The number of carbonyl (C=O) groups excluding carboxylic acids is 2. The minimum atomic E-state index is -0.478. The van der Waals surface area contributed by atoms with Gasteiger partial charge < -0.3 is 14.4 Å². The van der Waals surface area contributed by atoms with Crippen molar-refractivity contribution in [3.8, 4) is 11.8 Å². The van der Waals surface area contributed by atoms with Gasteiger partial charge in [0.1, 0.15) is 22.7 Å². The van der Waals surface area contributed by atoms with Crippen LogP contribution in [0.4, 0.5) is 4.39 Å². The van der Waals surface area contributed by atoms with Crippen molar-refractivity contribution in [1.29, 1.82) is 5.26 Å². The summed E-state index contributed by atoms with van der Waals surface area (Å²) in [5, 5.41) is 10.2. The van der Waals surface area contributed by atoms with E-state index < -0.39 is 5.82 Å². The van der Waals surface area contributed by atoms with Crippen molar-refractivity contribution in [3.05, 3.63) is 111 Å². The fourth-order valence-electron chi connectivity index (χ4n) is 8.33. The summed E-state index contributed by atoms with van der Waals surface area (Å²) >= 11 is 0. The molecule has 5 aromatic heterocycles. The molecule has 13 nitrogen and oxygen atoms in total. The number of rotatable bonds is 7. The first-order valence-corrected chi connectivity index (χ1v) is 19.0. The fraction of sp³-hybridized carbons (Fsp3) is 0.381. The van der Waals surface area contributed by atoms with Crippen molar-refractivity contribution in [2.45, 2.75) is 73.0 Å². The van der Waals surface area contributed by atoms with E-state index in [0.29, 0.717) is 46.7 Å². The second kappa shape index (κ2) is 14.2. The Balaban J connectivity index is 1.10. The van der Waals surface area contributed by atoms with Gasteiger partial charge in [0, 0.05) is 62.0 Å². The Hall–Kier alpha value is -6.07. The molecule has 0 spiro atoms. The van der Waals surface area contributed by atoms with Gasteiger partial charge in [-0.1, -0.05) is 26.8 Å². The molecule has 2 aliphatic heterocycles. The van der Waals surface area contributed by atoms with Crippen LogP contribution in [0.1, 0.15) is 95.8 Å². The molecule has 14 heteroatoms. The molecular weight excluding hydrogens is 712 g/mol. The number of imidazole rings is 1. The Kier molecular flexibility index (Phi) is 9.36. The number of ketones is 1. The maximum atomic E-state index is 15.1. The number of amides is 1. The number of nitrogens with zero attached hydrogens (tertiary/aromatic N) is 10. The largest absolute Gasteiger partial charge is 0.335 e. The van der Waals surface area contributed by atoms with Gasteiger partial charge in [0.25, 0.3) is 5.91 Å². The highest BCUT2D eigenvalue weighted by Crippen LogP contribution is 2.32. The van der Waals surface area contributed by atoms with E-state index in [1.54, 1.807) is 46.9 Å². The lowest BCUT2D eigenvalue weighted by molar-refractivity contribution is 0.0724. The molecule has 1 amide bonds. The van der Waals surface area contributed by atoms with Crippen LogP contribution in [-0.2, 0) is 19.5 Å². The van der Waals surface area contributed by atoms with E-state index in [1.807, 2.05) is 22.8 Å². The van der Waals surface area contributed by atoms with E-state index in [1.165, 1.54) is 23.8 Å². The fourth-order valence-corrected chi connectivity index (χ4v) is 8.33. The molecule has 0 N–H and O–H groups in total. The number of benzene rings is 1. The van der Waals surface area contributed by atoms with Gasteiger partial charge in [-0.05, 0) is 73.6 Å². The summed E-state index contributed by atoms with van der Waals surface area (Å²) in [4.78, 5) is 63.4. The Morgan fingerprint density at radius 1 is 1.02 bits per heavy atom. The van der Waals surface area contributed by atoms with Gasteiger partial charge in [0.15, 0.2) is 17.3 Å². The van der Waals surface area contributed by atoms with Crippen molar-refractivity contribution in [1.82, 2.24) is 43.4 Å². The highest BCUT2D eigenvalue weighted by molar-refractivity contribution is 5.94. The number of hydrogen-bond donors (Lipinski definition) is 0. The van der Waals surface area contributed by atoms with Crippen LogP contribution in [0.25, 0.3) is 27.9 Å². The van der Waals surface area contributed by atoms with Crippen LogP contribution in [0.15, 0.2) is 59.7 Å². The molecule has 7 heterocycles. The number of carbonyl (C=O) groups is 2. The second-order valence-corrected chi connectivity index (χ2v) is 16.1. The molecule has 1 aromatic carbocycles. The molecule has 0 atom stereocenters. The lowest BCUT2D eigenvalue weighted by atomic mass is 9.94. The molecule has 0 saturated carbocycles. The van der Waals surface area contributed by atoms with Crippen LogP contribution < -0.4 is 5.69 Å². The molecule has 0 bridgehead atoms. The van der Waals surface area contributed by atoms with Crippen LogP contribution in [0.5, 0.6) is 0 Å². The van der Waals surface area contributed by atoms with Crippen molar-refractivity contribution >= 4 is 33.9 Å². The SMILES string of the molecule is CC(=O)c1nc(C)c2c(n1)n(C1CCN(CC(C)(C)C)CC1)c(=O)n2-c1ccc(C(=O)N2CCc3c(n(Cc4ccc(C#N)cc4F)c4ncccc34)C2)nc1. The number of Topliss-reactive ketones (excluding diaryl/α,β-unsaturated/α-hetero) is 1. The van der Waals surface area contributed by atoms with Gasteiger partial charge in [-0.15, -0.1) is 0 Å². The minimum Gasteiger partial charge on any atom is -0.331 e. The van der Waals surface area contributed by atoms with Crippen molar-refractivity contribution < 1.29 is 14.0 Å². The number of aryl methyl sites for hydroxylation is 1. The van der Waals surface area contributed by atoms with E-state index in [9.17, 15) is 19.6 Å². The normalized spacial score (nSPS) is 15.3. The Morgan fingerprint density at radius 3 is 2.48 bits per heavy atom. The number of likely N-dealkylation sites (tertiary alicyclic amines) is 1. The van der Waals surface area contributed by atoms with Gasteiger partial charge in [-0.2, -0.15) is 5.26 Å². The smallest absolute Gasteiger partial charge is 0.331 e. The van der Waals surface area contributed by atoms with Gasteiger partial charge in [-0.25, -0.2) is 29.1 Å². The number of halogens is 1. The number of hydrogen-bond acceptors (Lipinski definition) is 9. The number of aromatic nitrogens is 7. The first-order chi connectivity index (χ1) is 26.8. The van der Waals surface area contributed by atoms with E-state index >= 15 is 4.39 Å². The summed E-state index contributed by atoms with van der Waals surface area (Å²) in [6.45, 7) is 13.4. The molecule has 1 saturated heterocycles. The molecule has 0 aliphatic carbocycles. The summed E-state index contributed by atoms with van der Waals surface area (Å²) < 4.78 is 20.3. The van der Waals surface area contributed by atoms with Crippen LogP contribution in [0, 0.1) is 29.5 Å². The second-order valence-electron chi connectivity index (χ2n) is 16.1. The standard InChI is InChI=1S/C42H43FN10O3/c1-25-36-39(48-37(47-25)26(2)54)53(29-12-16-49(17-13-29)24-42(3,4)5)41(56)52(36)30-10-11-34(46-21-30)40(55)50-18-14-31-32-7-6-15-45-38(32)51(35(31)23-50)22-28-9-8-27(20-44)19-33(28)43/h6-11,15,19,21,29H,12-14,16-18,22-24H2,1-5H3. The zero-order valence-electron chi connectivity index (χ0n) is 32.2. The summed E-state index contributed by atoms with van der Waals surface area (Å²) in [6.07, 6.45) is 5.31. The third kappa shape index (κ3) is 6.66. The minimum absolute atomic E-state index is 0.0617. The van der Waals surface area contributed by atoms with Crippen molar-refractivity contribution in [2.24, 2.45) is 5.41 Å². The predicted molar refractivity (Wildman–Crippen MR) is 208 cm³/mol. The molecule has 286 valence electrons. The lowest BCUT2D eigenvalue weighted by Gasteiger charge is -2.36. The zero-order chi connectivity index (χ0) is 39.5. The monoisotopic (exact) mass is 754 g/mol. The van der Waals surface area contributed by atoms with Crippen LogP contribution in [0.3, 0.4) is 0 Å². The number of piperidine rings is 1. The van der Waals surface area contributed by atoms with E-state index in [4.69, 9.17) is 0 Å². The van der Waals surface area contributed by atoms with E-state index in [-0.39, 0.29) is 59.0 Å². The average Bonchev–Trinajstić information content (AvgIpc) is 3.65. The molecule has 1 fully saturated rings. The maximum Gasteiger partial charge on any atom is 0.335 e. The molecular formula is C42H43FN10O3. The van der Waals surface area contributed by atoms with Gasteiger partial charge >= 0.3 is 5.69 Å². The van der Waals surface area contributed by atoms with Crippen molar-refractivity contribution in [3.63, 3.8) is 0 Å². The van der Waals surface area contributed by atoms with Crippen molar-refractivity contribution in [2.75, 3.05) is 26.2 Å². The van der Waals surface area contributed by atoms with Crippen LogP contribution >= 0.6 is 0 Å². The molecule has 0 unspecified atom stereocenters. The highest BCUT2D eigenvalue weighted by Gasteiger charge is 2.31. The Bertz CT molecular complexity index is 2640. The van der Waals surface area contributed by atoms with Crippen LogP contribution in [0.2, 0.25) is 0 Å². The molecule has 2 aliphatic rings.